The Hall–Kier alpha value is -0.540. The van der Waals surface area contributed by atoms with Crippen LogP contribution in [-0.4, -0.2) is 16.3 Å². The molecule has 2 N–H and O–H groups in total. The maximum absolute atomic E-state index is 6.15. The fourth-order valence-electron chi connectivity index (χ4n) is 1.39. The first kappa shape index (κ1) is 10.5. The highest BCUT2D eigenvalue weighted by atomic mass is 35.5. The van der Waals surface area contributed by atoms with Gasteiger partial charge in [-0.3, -0.25) is 4.68 Å². The first-order valence-electron chi connectivity index (χ1n) is 4.68. The third kappa shape index (κ3) is 2.03. The van der Waals surface area contributed by atoms with Crippen LogP contribution >= 0.6 is 11.6 Å². The third-order valence-electron chi connectivity index (χ3n) is 2.08. The first-order valence-corrected chi connectivity index (χ1v) is 5.06. The van der Waals surface area contributed by atoms with Gasteiger partial charge in [-0.05, 0) is 19.9 Å². The van der Waals surface area contributed by atoms with Gasteiger partial charge in [0.05, 0.1) is 16.4 Å². The van der Waals surface area contributed by atoms with Gasteiger partial charge in [0, 0.05) is 13.0 Å². The number of nitrogens with two attached hydrogens (primary N) is 1. The van der Waals surface area contributed by atoms with Gasteiger partial charge in [0.1, 0.15) is 0 Å². The zero-order valence-electron chi connectivity index (χ0n) is 8.18. The molecule has 13 heavy (non-hydrogen) atoms. The Labute approximate surface area is 83.9 Å². The largest absolute Gasteiger partial charge is 0.330 e. The van der Waals surface area contributed by atoms with Crippen molar-refractivity contribution in [2.45, 2.75) is 33.2 Å². The van der Waals surface area contributed by atoms with Crippen molar-refractivity contribution in [2.75, 3.05) is 6.54 Å². The van der Waals surface area contributed by atoms with Crippen molar-refractivity contribution in [3.63, 3.8) is 0 Å². The van der Waals surface area contributed by atoms with Crippen LogP contribution in [0.1, 0.15) is 25.2 Å². The van der Waals surface area contributed by atoms with Crippen LogP contribution in [0, 0.1) is 0 Å². The summed E-state index contributed by atoms with van der Waals surface area (Å²) < 4.78 is 1.94. The molecule has 1 aromatic rings. The maximum Gasteiger partial charge on any atom is 0.0850 e. The van der Waals surface area contributed by atoms with Gasteiger partial charge < -0.3 is 5.73 Å². The molecule has 74 valence electrons. The normalized spacial score (nSPS) is 10.8. The van der Waals surface area contributed by atoms with Crippen molar-refractivity contribution >= 4 is 11.6 Å². The highest BCUT2D eigenvalue weighted by Gasteiger charge is 2.12. The smallest absolute Gasteiger partial charge is 0.0850 e. The second kappa shape index (κ2) is 4.63. The van der Waals surface area contributed by atoms with Crippen LogP contribution in [0.2, 0.25) is 5.02 Å². The molecular formula is C9H16ClN3. The molecule has 0 bridgehead atoms. The van der Waals surface area contributed by atoms with E-state index in [1.807, 2.05) is 4.68 Å². The molecule has 0 aliphatic heterocycles. The highest BCUT2D eigenvalue weighted by molar-refractivity contribution is 6.31. The number of halogens is 1. The van der Waals surface area contributed by atoms with Crippen LogP contribution in [0.25, 0.3) is 0 Å². The zero-order valence-corrected chi connectivity index (χ0v) is 8.93. The third-order valence-corrected chi connectivity index (χ3v) is 2.51. The van der Waals surface area contributed by atoms with Crippen molar-refractivity contribution in [3.05, 3.63) is 16.4 Å². The van der Waals surface area contributed by atoms with Gasteiger partial charge in [0.2, 0.25) is 0 Å². The van der Waals surface area contributed by atoms with Gasteiger partial charge in [-0.15, -0.1) is 0 Å². The van der Waals surface area contributed by atoms with Crippen molar-refractivity contribution in [2.24, 2.45) is 5.73 Å². The molecule has 0 fully saturated rings. The van der Waals surface area contributed by atoms with Crippen molar-refractivity contribution in [1.82, 2.24) is 9.78 Å². The lowest BCUT2D eigenvalue weighted by Gasteiger charge is -2.02. The molecule has 0 aromatic carbocycles. The van der Waals surface area contributed by atoms with Gasteiger partial charge in [0.25, 0.3) is 0 Å². The SMILES string of the molecule is CCc1nn(CC)c(CCN)c1Cl. The lowest BCUT2D eigenvalue weighted by Crippen LogP contribution is -2.09. The molecule has 0 aliphatic carbocycles. The molecule has 0 aliphatic rings. The Morgan fingerprint density at radius 2 is 2.15 bits per heavy atom. The molecule has 0 atom stereocenters. The van der Waals surface area contributed by atoms with E-state index in [1.54, 1.807) is 0 Å². The summed E-state index contributed by atoms with van der Waals surface area (Å²) in [5, 5.41) is 5.20. The van der Waals surface area contributed by atoms with Crippen molar-refractivity contribution in [1.29, 1.82) is 0 Å². The Morgan fingerprint density at radius 3 is 2.62 bits per heavy atom. The van der Waals surface area contributed by atoms with Crippen LogP contribution in [0.15, 0.2) is 0 Å². The Bertz CT molecular complexity index is 281. The average molecular weight is 202 g/mol. The van der Waals surface area contributed by atoms with Gasteiger partial charge in [-0.25, -0.2) is 0 Å². The number of aromatic nitrogens is 2. The number of hydrogen-bond acceptors (Lipinski definition) is 2. The maximum atomic E-state index is 6.15. The summed E-state index contributed by atoms with van der Waals surface area (Å²) in [6.45, 7) is 5.59. The monoisotopic (exact) mass is 201 g/mol. The lowest BCUT2D eigenvalue weighted by molar-refractivity contribution is 0.613. The molecule has 0 unspecified atom stereocenters. The van der Waals surface area contributed by atoms with Crippen LogP contribution in [0.4, 0.5) is 0 Å². The van der Waals surface area contributed by atoms with Gasteiger partial charge >= 0.3 is 0 Å². The van der Waals surface area contributed by atoms with E-state index in [0.717, 1.165) is 35.8 Å². The van der Waals surface area contributed by atoms with Gasteiger partial charge in [-0.1, -0.05) is 18.5 Å². The molecular weight excluding hydrogens is 186 g/mol. The minimum atomic E-state index is 0.620. The van der Waals surface area contributed by atoms with E-state index in [4.69, 9.17) is 17.3 Å². The molecule has 0 radical (unpaired) electrons. The quantitative estimate of drug-likeness (QED) is 0.805. The van der Waals surface area contributed by atoms with E-state index in [-0.39, 0.29) is 0 Å². The van der Waals surface area contributed by atoms with E-state index < -0.39 is 0 Å². The second-order valence-electron chi connectivity index (χ2n) is 2.92. The lowest BCUT2D eigenvalue weighted by atomic mass is 10.2. The predicted octanol–water partition coefficient (Wildman–Crippen LogP) is 1.62. The molecule has 3 nitrogen and oxygen atoms in total. The van der Waals surface area contributed by atoms with Crippen molar-refractivity contribution in [3.8, 4) is 0 Å². The highest BCUT2D eigenvalue weighted by Crippen LogP contribution is 2.21. The van der Waals surface area contributed by atoms with Crippen LogP contribution in [-0.2, 0) is 19.4 Å². The summed E-state index contributed by atoms with van der Waals surface area (Å²) in [6.07, 6.45) is 1.68. The van der Waals surface area contributed by atoms with E-state index in [9.17, 15) is 0 Å². The Balaban J connectivity index is 3.05. The Kier molecular flexibility index (Phi) is 3.75. The molecule has 1 heterocycles. The summed E-state index contributed by atoms with van der Waals surface area (Å²) in [7, 11) is 0. The summed E-state index contributed by atoms with van der Waals surface area (Å²) >= 11 is 6.15. The Morgan fingerprint density at radius 1 is 1.46 bits per heavy atom. The van der Waals surface area contributed by atoms with Crippen LogP contribution < -0.4 is 5.73 Å². The summed E-state index contributed by atoms with van der Waals surface area (Å²) in [4.78, 5) is 0. The molecule has 4 heteroatoms. The van der Waals surface area contributed by atoms with E-state index in [2.05, 4.69) is 18.9 Å². The van der Waals surface area contributed by atoms with E-state index in [0.29, 0.717) is 6.54 Å². The molecule has 0 saturated heterocycles. The molecule has 0 amide bonds. The van der Waals surface area contributed by atoms with Crippen molar-refractivity contribution < 1.29 is 0 Å². The molecule has 0 saturated carbocycles. The predicted molar refractivity (Wildman–Crippen MR) is 55.0 cm³/mol. The van der Waals surface area contributed by atoms with Crippen LogP contribution in [0.5, 0.6) is 0 Å². The molecule has 1 rings (SSSR count). The van der Waals surface area contributed by atoms with Gasteiger partial charge in [-0.2, -0.15) is 5.10 Å². The summed E-state index contributed by atoms with van der Waals surface area (Å²) in [5.41, 5.74) is 7.56. The van der Waals surface area contributed by atoms with E-state index in [1.165, 1.54) is 0 Å². The van der Waals surface area contributed by atoms with E-state index >= 15 is 0 Å². The second-order valence-corrected chi connectivity index (χ2v) is 3.29. The molecule has 1 aromatic heterocycles. The number of aryl methyl sites for hydroxylation is 2. The number of hydrogen-bond donors (Lipinski definition) is 1. The minimum absolute atomic E-state index is 0.620. The standard InChI is InChI=1S/C9H16ClN3/c1-3-7-9(10)8(5-6-11)13(4-2)12-7/h3-6,11H2,1-2H3. The van der Waals surface area contributed by atoms with Crippen LogP contribution in [0.3, 0.4) is 0 Å². The average Bonchev–Trinajstić information content (AvgIpc) is 2.45. The van der Waals surface area contributed by atoms with Gasteiger partial charge in [0.15, 0.2) is 0 Å². The topological polar surface area (TPSA) is 43.8 Å². The summed E-state index contributed by atoms with van der Waals surface area (Å²) in [6, 6.07) is 0. The molecule has 0 spiro atoms. The first-order chi connectivity index (χ1) is 6.24. The number of nitrogens with zero attached hydrogens (tertiary/aromatic N) is 2. The minimum Gasteiger partial charge on any atom is -0.330 e. The summed E-state index contributed by atoms with van der Waals surface area (Å²) in [5.74, 6) is 0. The number of rotatable bonds is 4. The fourth-order valence-corrected chi connectivity index (χ4v) is 1.76. The zero-order chi connectivity index (χ0) is 9.84. The fraction of sp³-hybridized carbons (Fsp3) is 0.667.